The van der Waals surface area contributed by atoms with Crippen LogP contribution in [0.4, 0.5) is 0 Å². The minimum Gasteiger partial charge on any atom is -0.341 e. The first kappa shape index (κ1) is 14.3. The van der Waals surface area contributed by atoms with Gasteiger partial charge in [0.15, 0.2) is 0 Å². The Labute approximate surface area is 115 Å². The molecular formula is C14H25N3O2. The normalized spacial score (nSPS) is 28.3. The van der Waals surface area contributed by atoms with Gasteiger partial charge in [-0.15, -0.1) is 0 Å². The Morgan fingerprint density at radius 1 is 1.16 bits per heavy atom. The fraction of sp³-hybridized carbons (Fsp3) is 0.857. The summed E-state index contributed by atoms with van der Waals surface area (Å²) in [5.41, 5.74) is -0.203. The highest BCUT2D eigenvalue weighted by molar-refractivity contribution is 5.83. The van der Waals surface area contributed by atoms with E-state index in [1.54, 1.807) is 6.92 Å². The highest BCUT2D eigenvalue weighted by Gasteiger charge is 2.42. The predicted octanol–water partition coefficient (Wildman–Crippen LogP) is 0.457. The Morgan fingerprint density at radius 2 is 1.84 bits per heavy atom. The van der Waals surface area contributed by atoms with Gasteiger partial charge in [0.05, 0.1) is 5.41 Å². The van der Waals surface area contributed by atoms with Crippen molar-refractivity contribution < 1.29 is 9.59 Å². The molecule has 0 aromatic heterocycles. The molecule has 1 N–H and O–H groups in total. The fourth-order valence-corrected chi connectivity index (χ4v) is 3.15. The smallest absolute Gasteiger partial charge is 0.230 e. The summed E-state index contributed by atoms with van der Waals surface area (Å²) in [7, 11) is 0. The summed E-state index contributed by atoms with van der Waals surface area (Å²) in [4.78, 5) is 28.0. The van der Waals surface area contributed by atoms with E-state index in [4.69, 9.17) is 0 Å². The topological polar surface area (TPSA) is 52.7 Å². The molecule has 2 aliphatic rings. The average Bonchev–Trinajstić information content (AvgIpc) is 2.75. The number of hydrogen-bond donors (Lipinski definition) is 1. The van der Waals surface area contributed by atoms with Crippen molar-refractivity contribution in [3.8, 4) is 0 Å². The van der Waals surface area contributed by atoms with Crippen molar-refractivity contribution in [2.45, 2.75) is 33.1 Å². The summed E-state index contributed by atoms with van der Waals surface area (Å²) in [6.07, 6.45) is 2.72. The van der Waals surface area contributed by atoms with Gasteiger partial charge in [0, 0.05) is 39.6 Å². The second-order valence-corrected chi connectivity index (χ2v) is 5.71. The van der Waals surface area contributed by atoms with E-state index in [-0.39, 0.29) is 17.2 Å². The number of carbonyl (C=O) groups is 2. The highest BCUT2D eigenvalue weighted by atomic mass is 16.2. The molecule has 5 nitrogen and oxygen atoms in total. The third-order valence-corrected chi connectivity index (χ3v) is 4.60. The second-order valence-electron chi connectivity index (χ2n) is 5.71. The Balaban J connectivity index is 2.01. The van der Waals surface area contributed by atoms with E-state index >= 15 is 0 Å². The molecule has 0 saturated carbocycles. The maximum absolute atomic E-state index is 12.8. The largest absolute Gasteiger partial charge is 0.341 e. The van der Waals surface area contributed by atoms with Crippen molar-refractivity contribution in [2.75, 3.05) is 39.3 Å². The summed E-state index contributed by atoms with van der Waals surface area (Å²) in [6, 6.07) is 0. The van der Waals surface area contributed by atoms with Gasteiger partial charge in [-0.25, -0.2) is 0 Å². The first-order chi connectivity index (χ1) is 9.09. The maximum atomic E-state index is 12.8. The molecule has 2 rings (SSSR count). The minimum absolute atomic E-state index is 0.113. The fourth-order valence-electron chi connectivity index (χ4n) is 3.15. The lowest BCUT2D eigenvalue weighted by Gasteiger charge is -2.32. The van der Waals surface area contributed by atoms with Crippen molar-refractivity contribution in [1.29, 1.82) is 0 Å². The molecule has 0 aromatic carbocycles. The second kappa shape index (κ2) is 5.90. The quantitative estimate of drug-likeness (QED) is 0.790. The van der Waals surface area contributed by atoms with Gasteiger partial charge in [-0.1, -0.05) is 6.92 Å². The summed E-state index contributed by atoms with van der Waals surface area (Å²) in [5.74, 6) is 0.396. The van der Waals surface area contributed by atoms with E-state index in [9.17, 15) is 9.59 Å². The average molecular weight is 267 g/mol. The molecule has 108 valence electrons. The van der Waals surface area contributed by atoms with Gasteiger partial charge < -0.3 is 15.1 Å². The number of nitrogens with one attached hydrogen (secondary N) is 1. The van der Waals surface area contributed by atoms with Crippen LogP contribution in [0.1, 0.15) is 33.1 Å². The van der Waals surface area contributed by atoms with Gasteiger partial charge in [0.25, 0.3) is 0 Å². The third kappa shape index (κ3) is 2.91. The maximum Gasteiger partial charge on any atom is 0.230 e. The summed E-state index contributed by atoms with van der Waals surface area (Å²) >= 11 is 0. The van der Waals surface area contributed by atoms with E-state index in [0.29, 0.717) is 13.1 Å². The van der Waals surface area contributed by atoms with E-state index in [0.717, 1.165) is 45.4 Å². The van der Waals surface area contributed by atoms with Crippen LogP contribution in [-0.4, -0.2) is 60.9 Å². The highest BCUT2D eigenvalue weighted by Crippen LogP contribution is 2.32. The van der Waals surface area contributed by atoms with Crippen LogP contribution in [0.25, 0.3) is 0 Å². The molecule has 2 aliphatic heterocycles. The lowest BCUT2D eigenvalue weighted by atomic mass is 9.82. The van der Waals surface area contributed by atoms with Crippen molar-refractivity contribution >= 4 is 11.8 Å². The van der Waals surface area contributed by atoms with Crippen LogP contribution in [0.5, 0.6) is 0 Å². The summed E-state index contributed by atoms with van der Waals surface area (Å²) < 4.78 is 0. The Kier molecular flexibility index (Phi) is 4.45. The van der Waals surface area contributed by atoms with Gasteiger partial charge >= 0.3 is 0 Å². The molecule has 0 bridgehead atoms. The number of hydrogen-bond acceptors (Lipinski definition) is 3. The van der Waals surface area contributed by atoms with E-state index < -0.39 is 0 Å². The van der Waals surface area contributed by atoms with Crippen LogP contribution < -0.4 is 5.32 Å². The van der Waals surface area contributed by atoms with Crippen molar-refractivity contribution in [3.05, 3.63) is 0 Å². The third-order valence-electron chi connectivity index (χ3n) is 4.60. The lowest BCUT2D eigenvalue weighted by Crippen LogP contribution is -2.46. The Morgan fingerprint density at radius 3 is 2.42 bits per heavy atom. The Hall–Kier alpha value is -1.10. The molecule has 2 saturated heterocycles. The monoisotopic (exact) mass is 267 g/mol. The predicted molar refractivity (Wildman–Crippen MR) is 73.7 cm³/mol. The first-order valence-corrected chi connectivity index (χ1v) is 7.35. The first-order valence-electron chi connectivity index (χ1n) is 7.35. The molecule has 5 heteroatoms. The SMILES string of the molecule is CCC1(C(=O)N2CCCN(C(C)=O)CC2)CCNC1. The minimum atomic E-state index is -0.203. The van der Waals surface area contributed by atoms with E-state index in [1.807, 2.05) is 9.80 Å². The zero-order valence-electron chi connectivity index (χ0n) is 12.1. The van der Waals surface area contributed by atoms with Crippen molar-refractivity contribution in [1.82, 2.24) is 15.1 Å². The number of amides is 2. The van der Waals surface area contributed by atoms with Crippen molar-refractivity contribution in [2.24, 2.45) is 5.41 Å². The van der Waals surface area contributed by atoms with Gasteiger partial charge in [0.2, 0.25) is 11.8 Å². The molecule has 0 aliphatic carbocycles. The van der Waals surface area contributed by atoms with Crippen LogP contribution in [0.15, 0.2) is 0 Å². The van der Waals surface area contributed by atoms with Crippen LogP contribution in [0.3, 0.4) is 0 Å². The van der Waals surface area contributed by atoms with Crippen LogP contribution in [0.2, 0.25) is 0 Å². The van der Waals surface area contributed by atoms with Crippen molar-refractivity contribution in [3.63, 3.8) is 0 Å². The molecule has 0 spiro atoms. The van der Waals surface area contributed by atoms with Gasteiger partial charge in [-0.3, -0.25) is 9.59 Å². The van der Waals surface area contributed by atoms with Gasteiger partial charge in [0.1, 0.15) is 0 Å². The van der Waals surface area contributed by atoms with Crippen LogP contribution in [0, 0.1) is 5.41 Å². The zero-order chi connectivity index (χ0) is 13.9. The molecule has 0 aromatic rings. The molecule has 2 heterocycles. The van der Waals surface area contributed by atoms with E-state index in [1.165, 1.54) is 0 Å². The standard InChI is InChI=1S/C14H25N3O2/c1-3-14(5-6-15-11-14)13(19)17-8-4-7-16(9-10-17)12(2)18/h15H,3-11H2,1-2H3. The number of rotatable bonds is 2. The van der Waals surface area contributed by atoms with E-state index in [2.05, 4.69) is 12.2 Å². The van der Waals surface area contributed by atoms with Gasteiger partial charge in [-0.2, -0.15) is 0 Å². The Bertz CT molecular complexity index is 351. The molecular weight excluding hydrogens is 242 g/mol. The lowest BCUT2D eigenvalue weighted by molar-refractivity contribution is -0.141. The number of nitrogens with zero attached hydrogens (tertiary/aromatic N) is 2. The molecule has 19 heavy (non-hydrogen) atoms. The van der Waals surface area contributed by atoms with Crippen LogP contribution >= 0.6 is 0 Å². The zero-order valence-corrected chi connectivity index (χ0v) is 12.1. The summed E-state index contributed by atoms with van der Waals surface area (Å²) in [6.45, 7) is 8.36. The molecule has 2 fully saturated rings. The molecule has 0 radical (unpaired) electrons. The summed E-state index contributed by atoms with van der Waals surface area (Å²) in [5, 5.41) is 3.31. The van der Waals surface area contributed by atoms with Crippen LogP contribution in [-0.2, 0) is 9.59 Å². The molecule has 2 amide bonds. The molecule has 1 unspecified atom stereocenters. The molecule has 1 atom stereocenters. The number of carbonyl (C=O) groups excluding carboxylic acids is 2. The van der Waals surface area contributed by atoms with Gasteiger partial charge in [-0.05, 0) is 25.8 Å².